The summed E-state index contributed by atoms with van der Waals surface area (Å²) in [6, 6.07) is 10.4. The third kappa shape index (κ3) is 6.76. The van der Waals surface area contributed by atoms with Crippen molar-refractivity contribution in [2.75, 3.05) is 43.3 Å². The van der Waals surface area contributed by atoms with Crippen LogP contribution in [-0.2, 0) is 24.8 Å². The molecule has 0 unspecified atom stereocenters. The van der Waals surface area contributed by atoms with Crippen LogP contribution in [0.5, 0.6) is 5.75 Å². The van der Waals surface area contributed by atoms with E-state index in [2.05, 4.69) is 5.32 Å². The monoisotopic (exact) mass is 549 g/mol. The zero-order chi connectivity index (χ0) is 24.9. The van der Waals surface area contributed by atoms with Gasteiger partial charge in [0.1, 0.15) is 18.9 Å². The quantitative estimate of drug-likeness (QED) is 0.456. The van der Waals surface area contributed by atoms with Crippen LogP contribution in [0.3, 0.4) is 0 Å². The minimum atomic E-state index is -3.78. The van der Waals surface area contributed by atoms with Crippen LogP contribution in [-0.4, -0.2) is 66.1 Å². The lowest BCUT2D eigenvalue weighted by Crippen LogP contribution is -2.41. The van der Waals surface area contributed by atoms with Crippen LogP contribution in [0.4, 0.5) is 5.69 Å². The van der Waals surface area contributed by atoms with E-state index in [1.807, 2.05) is 0 Å². The molecule has 1 amide bonds. The van der Waals surface area contributed by atoms with Crippen molar-refractivity contribution in [3.8, 4) is 5.75 Å². The average molecular weight is 550 g/mol. The maximum Gasteiger partial charge on any atom is 0.243 e. The number of rotatable bonds is 10. The Morgan fingerprint density at radius 2 is 1.71 bits per heavy atom. The first kappa shape index (κ1) is 26.6. The van der Waals surface area contributed by atoms with Crippen molar-refractivity contribution in [3.05, 3.63) is 52.5 Å². The van der Waals surface area contributed by atoms with Crippen molar-refractivity contribution >= 4 is 54.8 Å². The molecular weight excluding hydrogens is 525 g/mol. The molecule has 13 heteroatoms. The van der Waals surface area contributed by atoms with E-state index in [0.717, 1.165) is 23.4 Å². The zero-order valence-electron chi connectivity index (χ0n) is 18.4. The number of ether oxygens (including phenoxy) is 1. The second-order valence-electron chi connectivity index (χ2n) is 7.65. The van der Waals surface area contributed by atoms with Crippen LogP contribution in [0.2, 0.25) is 10.0 Å². The molecule has 0 saturated carbocycles. The van der Waals surface area contributed by atoms with Crippen molar-refractivity contribution in [2.45, 2.75) is 17.7 Å². The number of anilines is 1. The lowest BCUT2D eigenvalue weighted by Gasteiger charge is -2.23. The molecule has 0 bridgehead atoms. The van der Waals surface area contributed by atoms with Crippen molar-refractivity contribution in [1.29, 1.82) is 0 Å². The Bertz CT molecular complexity index is 1230. The second kappa shape index (κ2) is 11.1. The van der Waals surface area contributed by atoms with Crippen LogP contribution in [0.25, 0.3) is 0 Å². The molecule has 1 aliphatic rings. The Labute approximate surface area is 209 Å². The Morgan fingerprint density at radius 1 is 1.06 bits per heavy atom. The Balaban J connectivity index is 1.51. The smallest absolute Gasteiger partial charge is 0.243 e. The number of carbonyl (C=O) groups excluding carboxylic acids is 1. The standard InChI is InChI=1S/C21H25Cl2N3O6S2/c1-33(28,29)26(20-9-4-16(22)14-19(20)23)15-21(27)24-10-13-32-17-5-7-18(8-6-17)34(30,31)25-11-2-3-12-25/h4-9,14H,2-3,10-13,15H2,1H3,(H,24,27). The number of hydrogen-bond donors (Lipinski definition) is 1. The number of halogens is 2. The topological polar surface area (TPSA) is 113 Å². The van der Waals surface area contributed by atoms with Gasteiger partial charge in [0.2, 0.25) is 26.0 Å². The predicted octanol–water partition coefficient (Wildman–Crippen LogP) is 2.74. The summed E-state index contributed by atoms with van der Waals surface area (Å²) in [5.41, 5.74) is 0.143. The summed E-state index contributed by atoms with van der Waals surface area (Å²) in [6.07, 6.45) is 2.70. The molecule has 34 heavy (non-hydrogen) atoms. The first-order valence-corrected chi connectivity index (χ1v) is 14.5. The Hall–Kier alpha value is -2.05. The molecule has 186 valence electrons. The van der Waals surface area contributed by atoms with Gasteiger partial charge in [-0.15, -0.1) is 0 Å². The van der Waals surface area contributed by atoms with E-state index in [-0.39, 0.29) is 28.8 Å². The van der Waals surface area contributed by atoms with E-state index in [1.165, 1.54) is 34.6 Å². The van der Waals surface area contributed by atoms with Crippen molar-refractivity contribution < 1.29 is 26.4 Å². The molecule has 0 atom stereocenters. The highest BCUT2D eigenvalue weighted by Gasteiger charge is 2.27. The van der Waals surface area contributed by atoms with Crippen LogP contribution in [0.1, 0.15) is 12.8 Å². The summed E-state index contributed by atoms with van der Waals surface area (Å²) >= 11 is 12.0. The molecule has 1 saturated heterocycles. The predicted molar refractivity (Wildman–Crippen MR) is 132 cm³/mol. The van der Waals surface area contributed by atoms with Crippen LogP contribution in [0, 0.1) is 0 Å². The highest BCUT2D eigenvalue weighted by Crippen LogP contribution is 2.30. The molecular formula is C21H25Cl2N3O6S2. The Morgan fingerprint density at radius 3 is 2.29 bits per heavy atom. The highest BCUT2D eigenvalue weighted by molar-refractivity contribution is 7.92. The van der Waals surface area contributed by atoms with Gasteiger partial charge >= 0.3 is 0 Å². The third-order valence-corrected chi connectivity index (χ3v) is 8.66. The number of carbonyl (C=O) groups is 1. The van der Waals surface area contributed by atoms with E-state index in [9.17, 15) is 21.6 Å². The molecule has 0 spiro atoms. The van der Waals surface area contributed by atoms with Gasteiger partial charge in [0.05, 0.1) is 28.4 Å². The fraction of sp³-hybridized carbons (Fsp3) is 0.381. The van der Waals surface area contributed by atoms with Gasteiger partial charge in [-0.2, -0.15) is 4.31 Å². The maximum absolute atomic E-state index is 12.6. The number of hydrogen-bond acceptors (Lipinski definition) is 6. The zero-order valence-corrected chi connectivity index (χ0v) is 21.6. The summed E-state index contributed by atoms with van der Waals surface area (Å²) in [5, 5.41) is 3.03. The fourth-order valence-electron chi connectivity index (χ4n) is 3.40. The van der Waals surface area contributed by atoms with E-state index in [4.69, 9.17) is 27.9 Å². The third-order valence-electron chi connectivity index (χ3n) is 5.09. The molecule has 1 heterocycles. The molecule has 9 nitrogen and oxygen atoms in total. The van der Waals surface area contributed by atoms with E-state index < -0.39 is 32.5 Å². The van der Waals surface area contributed by atoms with E-state index >= 15 is 0 Å². The van der Waals surface area contributed by atoms with Gasteiger partial charge < -0.3 is 10.1 Å². The lowest BCUT2D eigenvalue weighted by molar-refractivity contribution is -0.119. The van der Waals surface area contributed by atoms with Gasteiger partial charge in [-0.25, -0.2) is 16.8 Å². The van der Waals surface area contributed by atoms with Gasteiger partial charge in [0.25, 0.3) is 0 Å². The minimum absolute atomic E-state index is 0.101. The average Bonchev–Trinajstić information content (AvgIpc) is 3.31. The molecule has 0 aromatic heterocycles. The van der Waals surface area contributed by atoms with Crippen LogP contribution in [0.15, 0.2) is 47.4 Å². The molecule has 1 N–H and O–H groups in total. The Kier molecular flexibility index (Phi) is 8.69. The number of nitrogens with zero attached hydrogens (tertiary/aromatic N) is 2. The highest BCUT2D eigenvalue weighted by atomic mass is 35.5. The van der Waals surface area contributed by atoms with Gasteiger partial charge in [0.15, 0.2) is 0 Å². The summed E-state index contributed by atoms with van der Waals surface area (Å²) < 4.78 is 57.4. The molecule has 0 radical (unpaired) electrons. The first-order chi connectivity index (χ1) is 16.0. The lowest BCUT2D eigenvalue weighted by atomic mass is 10.3. The summed E-state index contributed by atoms with van der Waals surface area (Å²) in [7, 11) is -7.28. The van der Waals surface area contributed by atoms with Crippen LogP contribution >= 0.6 is 23.2 Å². The summed E-state index contributed by atoms with van der Waals surface area (Å²) in [4.78, 5) is 12.5. The van der Waals surface area contributed by atoms with Gasteiger partial charge in [-0.1, -0.05) is 23.2 Å². The summed E-state index contributed by atoms with van der Waals surface area (Å²) in [5.74, 6) is -0.104. The molecule has 1 aliphatic heterocycles. The molecule has 3 rings (SSSR count). The summed E-state index contributed by atoms with van der Waals surface area (Å²) in [6.45, 7) is 0.801. The number of sulfonamides is 2. The van der Waals surface area contributed by atoms with Crippen LogP contribution < -0.4 is 14.4 Å². The van der Waals surface area contributed by atoms with E-state index in [0.29, 0.717) is 23.9 Å². The van der Waals surface area contributed by atoms with Gasteiger partial charge in [-0.3, -0.25) is 9.10 Å². The van der Waals surface area contributed by atoms with Crippen molar-refractivity contribution in [2.24, 2.45) is 0 Å². The largest absolute Gasteiger partial charge is 0.492 e. The van der Waals surface area contributed by atoms with Gasteiger partial charge in [-0.05, 0) is 55.3 Å². The van der Waals surface area contributed by atoms with Gasteiger partial charge in [0, 0.05) is 18.1 Å². The number of amides is 1. The van der Waals surface area contributed by atoms with Crippen molar-refractivity contribution in [3.63, 3.8) is 0 Å². The second-order valence-corrected chi connectivity index (χ2v) is 12.3. The molecule has 1 fully saturated rings. The van der Waals surface area contributed by atoms with Crippen molar-refractivity contribution in [1.82, 2.24) is 9.62 Å². The SMILES string of the molecule is CS(=O)(=O)N(CC(=O)NCCOc1ccc(S(=O)(=O)N2CCCC2)cc1)c1ccc(Cl)cc1Cl. The fourth-order valence-corrected chi connectivity index (χ4v) is 6.34. The molecule has 0 aliphatic carbocycles. The maximum atomic E-state index is 12.6. The molecule has 2 aromatic rings. The molecule has 2 aromatic carbocycles. The number of benzene rings is 2. The normalized spacial score (nSPS) is 14.7. The first-order valence-electron chi connectivity index (χ1n) is 10.4. The minimum Gasteiger partial charge on any atom is -0.492 e. The number of nitrogens with one attached hydrogen (secondary N) is 1. The van der Waals surface area contributed by atoms with E-state index in [1.54, 1.807) is 12.1 Å².